The zero-order valence-corrected chi connectivity index (χ0v) is 14.1. The highest BCUT2D eigenvalue weighted by Gasteiger charge is 2.10. The van der Waals surface area contributed by atoms with Crippen LogP contribution in [0, 0.1) is 0 Å². The fourth-order valence-corrected chi connectivity index (χ4v) is 2.18. The molecule has 0 fully saturated rings. The summed E-state index contributed by atoms with van der Waals surface area (Å²) >= 11 is 5.99. The Kier molecular flexibility index (Phi) is 5.97. The molecule has 2 aromatic rings. The maximum Gasteiger partial charge on any atom is 0.343 e. The van der Waals surface area contributed by atoms with Crippen LogP contribution >= 0.6 is 11.6 Å². The third-order valence-electron chi connectivity index (χ3n) is 2.94. The van der Waals surface area contributed by atoms with Crippen molar-refractivity contribution in [1.29, 1.82) is 0 Å². The zero-order valence-electron chi connectivity index (χ0n) is 13.4. The van der Waals surface area contributed by atoms with Gasteiger partial charge < -0.3 is 20.9 Å². The van der Waals surface area contributed by atoms with Crippen LogP contribution in [0.15, 0.2) is 47.5 Å². The van der Waals surface area contributed by atoms with Crippen molar-refractivity contribution in [2.24, 2.45) is 16.5 Å². The number of nitrogens with two attached hydrogens (primary N) is 2. The molecule has 25 heavy (non-hydrogen) atoms. The van der Waals surface area contributed by atoms with Crippen molar-refractivity contribution >= 4 is 35.2 Å². The number of carbonyl (C=O) groups is 2. The Hall–Kier alpha value is -3.06. The van der Waals surface area contributed by atoms with E-state index in [1.54, 1.807) is 24.3 Å². The molecule has 0 unspecified atom stereocenters. The molecular weight excluding hydrogens is 346 g/mol. The van der Waals surface area contributed by atoms with E-state index in [4.69, 9.17) is 32.5 Å². The molecule has 0 radical (unpaired) electrons. The first-order valence-corrected chi connectivity index (χ1v) is 7.56. The second-order valence-electron chi connectivity index (χ2n) is 5.05. The molecule has 0 aliphatic heterocycles. The molecular formula is C17H16ClN3O4. The van der Waals surface area contributed by atoms with Gasteiger partial charge in [0.15, 0.2) is 5.96 Å². The summed E-state index contributed by atoms with van der Waals surface area (Å²) in [7, 11) is 0. The van der Waals surface area contributed by atoms with Crippen LogP contribution in [-0.2, 0) is 16.1 Å². The van der Waals surface area contributed by atoms with Gasteiger partial charge in [0.25, 0.3) is 0 Å². The minimum absolute atomic E-state index is 0.0354. The molecule has 2 aromatic carbocycles. The van der Waals surface area contributed by atoms with Crippen molar-refractivity contribution in [3.63, 3.8) is 0 Å². The van der Waals surface area contributed by atoms with Crippen molar-refractivity contribution in [3.05, 3.63) is 58.6 Å². The topological polar surface area (TPSA) is 117 Å². The number of halogens is 1. The highest BCUT2D eigenvalue weighted by Crippen LogP contribution is 2.23. The summed E-state index contributed by atoms with van der Waals surface area (Å²) in [5, 5.41) is 0.357. The van der Waals surface area contributed by atoms with E-state index in [0.717, 1.165) is 0 Å². The Labute approximate surface area is 149 Å². The number of carbonyl (C=O) groups excluding carboxylic acids is 2. The maximum atomic E-state index is 12.2. The molecule has 0 saturated heterocycles. The fraction of sp³-hybridized carbons (Fsp3) is 0.118. The molecule has 4 N–H and O–H groups in total. The number of aliphatic imine (C=N–C) groups is 1. The average molecular weight is 362 g/mol. The van der Waals surface area contributed by atoms with Gasteiger partial charge in [-0.2, -0.15) is 0 Å². The predicted molar refractivity (Wildman–Crippen MR) is 93.8 cm³/mol. The number of hydrogen-bond donors (Lipinski definition) is 2. The van der Waals surface area contributed by atoms with Crippen molar-refractivity contribution < 1.29 is 19.1 Å². The number of guanidine groups is 1. The first-order valence-electron chi connectivity index (χ1n) is 7.18. The Morgan fingerprint density at radius 1 is 1.12 bits per heavy atom. The summed E-state index contributed by atoms with van der Waals surface area (Å²) in [6.07, 6.45) is 0. The highest BCUT2D eigenvalue weighted by atomic mass is 35.5. The molecule has 0 heterocycles. The number of nitrogens with zero attached hydrogens (tertiary/aromatic N) is 1. The van der Waals surface area contributed by atoms with Gasteiger partial charge in [-0.05, 0) is 48.0 Å². The van der Waals surface area contributed by atoms with E-state index in [-0.39, 0.29) is 18.3 Å². The molecule has 0 amide bonds. The third-order valence-corrected chi connectivity index (χ3v) is 3.16. The quantitative estimate of drug-likeness (QED) is 0.366. The summed E-state index contributed by atoms with van der Waals surface area (Å²) in [6.45, 7) is 1.34. The normalized spacial score (nSPS) is 10.0. The standard InChI is InChI=1S/C17H16ClN3O4/c1-10(22)24-9-11-6-13(18)8-15(7-11)25-16(23)12-2-4-14(5-3-12)21-17(19)20/h2-8H,9H2,1H3,(H4,19,20,21). The molecule has 0 atom stereocenters. The number of rotatable bonds is 5. The van der Waals surface area contributed by atoms with E-state index >= 15 is 0 Å². The van der Waals surface area contributed by atoms with Gasteiger partial charge in [-0.3, -0.25) is 4.79 Å². The summed E-state index contributed by atoms with van der Waals surface area (Å²) < 4.78 is 10.2. The van der Waals surface area contributed by atoms with Gasteiger partial charge in [0.2, 0.25) is 0 Å². The van der Waals surface area contributed by atoms with Gasteiger partial charge in [-0.1, -0.05) is 11.6 Å². The molecule has 0 saturated carbocycles. The lowest BCUT2D eigenvalue weighted by Crippen LogP contribution is -2.21. The van der Waals surface area contributed by atoms with Crippen molar-refractivity contribution in [3.8, 4) is 5.75 Å². The predicted octanol–water partition coefficient (Wildman–Crippen LogP) is 2.53. The van der Waals surface area contributed by atoms with Crippen LogP contribution in [0.25, 0.3) is 0 Å². The second kappa shape index (κ2) is 8.16. The van der Waals surface area contributed by atoms with E-state index in [2.05, 4.69) is 4.99 Å². The van der Waals surface area contributed by atoms with Gasteiger partial charge in [0.1, 0.15) is 12.4 Å². The summed E-state index contributed by atoms with van der Waals surface area (Å²) in [4.78, 5) is 26.9. The average Bonchev–Trinajstić information content (AvgIpc) is 2.52. The van der Waals surface area contributed by atoms with Crippen molar-refractivity contribution in [2.45, 2.75) is 13.5 Å². The van der Waals surface area contributed by atoms with Crippen molar-refractivity contribution in [1.82, 2.24) is 0 Å². The largest absolute Gasteiger partial charge is 0.461 e. The summed E-state index contributed by atoms with van der Waals surface area (Å²) in [5.41, 5.74) is 12.0. The van der Waals surface area contributed by atoms with Gasteiger partial charge in [-0.25, -0.2) is 9.79 Å². The lowest BCUT2D eigenvalue weighted by atomic mass is 10.2. The SMILES string of the molecule is CC(=O)OCc1cc(Cl)cc(OC(=O)c2ccc(N=C(N)N)cc2)c1. The molecule has 0 aromatic heterocycles. The van der Waals surface area contributed by atoms with Crippen LogP contribution in [0.3, 0.4) is 0 Å². The van der Waals surface area contributed by atoms with E-state index in [0.29, 0.717) is 21.8 Å². The van der Waals surface area contributed by atoms with Crippen LogP contribution in [0.2, 0.25) is 5.02 Å². The number of hydrogen-bond acceptors (Lipinski definition) is 5. The van der Waals surface area contributed by atoms with Crippen LogP contribution < -0.4 is 16.2 Å². The lowest BCUT2D eigenvalue weighted by Gasteiger charge is -2.08. The fourth-order valence-electron chi connectivity index (χ4n) is 1.94. The van der Waals surface area contributed by atoms with Crippen LogP contribution in [0.5, 0.6) is 5.75 Å². The van der Waals surface area contributed by atoms with Gasteiger partial charge in [-0.15, -0.1) is 0 Å². The van der Waals surface area contributed by atoms with Gasteiger partial charge in [0, 0.05) is 11.9 Å². The van der Waals surface area contributed by atoms with E-state index in [9.17, 15) is 9.59 Å². The third kappa shape index (κ3) is 5.82. The molecule has 2 rings (SSSR count). The maximum absolute atomic E-state index is 12.2. The molecule has 0 spiro atoms. The summed E-state index contributed by atoms with van der Waals surface area (Å²) in [6, 6.07) is 10.9. The molecule has 130 valence electrons. The zero-order chi connectivity index (χ0) is 18.4. The minimum atomic E-state index is -0.572. The first-order chi connectivity index (χ1) is 11.8. The van der Waals surface area contributed by atoms with E-state index in [1.807, 2.05) is 0 Å². The number of ether oxygens (including phenoxy) is 2. The minimum Gasteiger partial charge on any atom is -0.461 e. The Balaban J connectivity index is 2.11. The Bertz CT molecular complexity index is 815. The van der Waals surface area contributed by atoms with Crippen LogP contribution in [0.1, 0.15) is 22.8 Å². The van der Waals surface area contributed by atoms with Crippen LogP contribution in [0.4, 0.5) is 5.69 Å². The van der Waals surface area contributed by atoms with Crippen molar-refractivity contribution in [2.75, 3.05) is 0 Å². The van der Waals surface area contributed by atoms with Gasteiger partial charge >= 0.3 is 11.9 Å². The second-order valence-corrected chi connectivity index (χ2v) is 5.48. The first kappa shape index (κ1) is 18.3. The number of esters is 2. The Morgan fingerprint density at radius 3 is 2.40 bits per heavy atom. The highest BCUT2D eigenvalue weighted by molar-refractivity contribution is 6.30. The monoisotopic (exact) mass is 361 g/mol. The molecule has 8 heteroatoms. The summed E-state index contributed by atoms with van der Waals surface area (Å²) in [5.74, 6) is -0.821. The number of benzene rings is 2. The van der Waals surface area contributed by atoms with Gasteiger partial charge in [0.05, 0.1) is 11.3 Å². The molecule has 0 aliphatic rings. The Morgan fingerprint density at radius 2 is 1.80 bits per heavy atom. The molecule has 0 bridgehead atoms. The molecule has 7 nitrogen and oxygen atoms in total. The lowest BCUT2D eigenvalue weighted by molar-refractivity contribution is -0.142. The molecule has 0 aliphatic carbocycles. The van der Waals surface area contributed by atoms with Crippen LogP contribution in [-0.4, -0.2) is 17.9 Å². The smallest absolute Gasteiger partial charge is 0.343 e. The van der Waals surface area contributed by atoms with E-state index < -0.39 is 11.9 Å². The van der Waals surface area contributed by atoms with E-state index in [1.165, 1.54) is 25.1 Å².